The lowest BCUT2D eigenvalue weighted by molar-refractivity contribution is 0.289. The molecule has 2 N–H and O–H groups in total. The average molecular weight is 285 g/mol. The van der Waals surface area contributed by atoms with Crippen LogP contribution in [0.1, 0.15) is 29.7 Å². The van der Waals surface area contributed by atoms with E-state index >= 15 is 0 Å². The molecule has 0 amide bonds. The van der Waals surface area contributed by atoms with E-state index in [2.05, 4.69) is 32.0 Å². The van der Waals surface area contributed by atoms with E-state index in [1.165, 1.54) is 11.1 Å². The van der Waals surface area contributed by atoms with E-state index in [9.17, 15) is 0 Å². The normalized spacial score (nSPS) is 12.0. The Morgan fingerprint density at radius 3 is 1.95 bits per heavy atom. The zero-order valence-corrected chi connectivity index (χ0v) is 12.9. The van der Waals surface area contributed by atoms with E-state index in [4.69, 9.17) is 15.2 Å². The first kappa shape index (κ1) is 15.4. The molecule has 0 saturated carbocycles. The average Bonchev–Trinajstić information content (AvgIpc) is 2.45. The maximum Gasteiger partial charge on any atom is 0.119 e. The second-order valence-corrected chi connectivity index (χ2v) is 5.24. The number of aryl methyl sites for hydroxylation is 2. The Morgan fingerprint density at radius 2 is 1.43 bits per heavy atom. The summed E-state index contributed by atoms with van der Waals surface area (Å²) in [5.74, 6) is 1.65. The first-order valence-electron chi connectivity index (χ1n) is 7.28. The lowest BCUT2D eigenvalue weighted by Crippen LogP contribution is -2.19. The van der Waals surface area contributed by atoms with Crippen LogP contribution in [-0.4, -0.2) is 13.2 Å². The molecule has 21 heavy (non-hydrogen) atoms. The Labute approximate surface area is 126 Å². The summed E-state index contributed by atoms with van der Waals surface area (Å²) in [4.78, 5) is 0. The van der Waals surface area contributed by atoms with Gasteiger partial charge in [0.05, 0.1) is 12.6 Å². The smallest absolute Gasteiger partial charge is 0.119 e. The van der Waals surface area contributed by atoms with Gasteiger partial charge in [-0.2, -0.15) is 0 Å². The van der Waals surface area contributed by atoms with Crippen molar-refractivity contribution in [2.45, 2.75) is 26.8 Å². The molecule has 0 fully saturated rings. The second kappa shape index (κ2) is 7.14. The lowest BCUT2D eigenvalue weighted by atomic mass is 10.0. The van der Waals surface area contributed by atoms with Gasteiger partial charge in [0.2, 0.25) is 0 Å². The van der Waals surface area contributed by atoms with E-state index < -0.39 is 0 Å². The minimum atomic E-state index is -0.129. The standard InChI is InChI=1S/C18H23NO2/c1-4-20-16-5-7-17(8-6-16)21-12-18(19)15-10-13(2)9-14(3)11-15/h5-11,18H,4,12,19H2,1-3H3. The third-order valence-corrected chi connectivity index (χ3v) is 3.24. The van der Waals surface area contributed by atoms with Crippen LogP contribution in [0.4, 0.5) is 0 Å². The Kier molecular flexibility index (Phi) is 5.23. The van der Waals surface area contributed by atoms with Crippen molar-refractivity contribution in [3.05, 3.63) is 59.2 Å². The largest absolute Gasteiger partial charge is 0.494 e. The molecule has 2 rings (SSSR count). The Bertz CT molecular complexity index is 558. The highest BCUT2D eigenvalue weighted by Gasteiger charge is 2.08. The van der Waals surface area contributed by atoms with Crippen LogP contribution in [0.25, 0.3) is 0 Å². The summed E-state index contributed by atoms with van der Waals surface area (Å²) >= 11 is 0. The molecular formula is C18H23NO2. The zero-order chi connectivity index (χ0) is 15.2. The molecule has 2 aromatic rings. The van der Waals surface area contributed by atoms with E-state index in [0.29, 0.717) is 13.2 Å². The minimum Gasteiger partial charge on any atom is -0.494 e. The predicted octanol–water partition coefficient (Wildman–Crippen LogP) is 3.78. The van der Waals surface area contributed by atoms with Crippen molar-refractivity contribution in [1.82, 2.24) is 0 Å². The minimum absolute atomic E-state index is 0.129. The van der Waals surface area contributed by atoms with Gasteiger partial charge in [-0.15, -0.1) is 0 Å². The molecule has 0 aliphatic carbocycles. The maximum atomic E-state index is 6.21. The van der Waals surface area contributed by atoms with Crippen LogP contribution in [0.15, 0.2) is 42.5 Å². The number of hydrogen-bond acceptors (Lipinski definition) is 3. The fourth-order valence-electron chi connectivity index (χ4n) is 2.30. The monoisotopic (exact) mass is 285 g/mol. The number of hydrogen-bond donors (Lipinski definition) is 1. The molecule has 0 saturated heterocycles. The Hall–Kier alpha value is -2.00. The number of rotatable bonds is 6. The van der Waals surface area contributed by atoms with E-state index in [1.54, 1.807) is 0 Å². The summed E-state index contributed by atoms with van der Waals surface area (Å²) in [5.41, 5.74) is 9.77. The maximum absolute atomic E-state index is 6.21. The lowest BCUT2D eigenvalue weighted by Gasteiger charge is -2.15. The van der Waals surface area contributed by atoms with Crippen LogP contribution < -0.4 is 15.2 Å². The van der Waals surface area contributed by atoms with Gasteiger partial charge in [-0.3, -0.25) is 0 Å². The summed E-state index contributed by atoms with van der Waals surface area (Å²) in [6, 6.07) is 13.8. The van der Waals surface area contributed by atoms with E-state index in [-0.39, 0.29) is 6.04 Å². The van der Waals surface area contributed by atoms with Crippen LogP contribution in [0.2, 0.25) is 0 Å². The highest BCUT2D eigenvalue weighted by molar-refractivity contribution is 5.32. The summed E-state index contributed by atoms with van der Waals surface area (Å²) in [7, 11) is 0. The van der Waals surface area contributed by atoms with Crippen molar-refractivity contribution in [2.24, 2.45) is 5.73 Å². The molecule has 0 aliphatic rings. The molecule has 0 aliphatic heterocycles. The van der Waals surface area contributed by atoms with Crippen molar-refractivity contribution in [3.8, 4) is 11.5 Å². The first-order valence-corrected chi connectivity index (χ1v) is 7.28. The van der Waals surface area contributed by atoms with Crippen molar-refractivity contribution in [2.75, 3.05) is 13.2 Å². The molecule has 3 nitrogen and oxygen atoms in total. The summed E-state index contributed by atoms with van der Waals surface area (Å²) in [5, 5.41) is 0. The van der Waals surface area contributed by atoms with Crippen molar-refractivity contribution in [3.63, 3.8) is 0 Å². The van der Waals surface area contributed by atoms with Crippen molar-refractivity contribution in [1.29, 1.82) is 0 Å². The van der Waals surface area contributed by atoms with E-state index in [0.717, 1.165) is 17.1 Å². The summed E-state index contributed by atoms with van der Waals surface area (Å²) in [6.07, 6.45) is 0. The van der Waals surface area contributed by atoms with Crippen LogP contribution in [0.3, 0.4) is 0 Å². The van der Waals surface area contributed by atoms with Gasteiger partial charge in [-0.05, 0) is 50.6 Å². The topological polar surface area (TPSA) is 44.5 Å². The van der Waals surface area contributed by atoms with Gasteiger partial charge in [0.1, 0.15) is 18.1 Å². The number of benzene rings is 2. The molecule has 3 heteroatoms. The van der Waals surface area contributed by atoms with Crippen LogP contribution in [0.5, 0.6) is 11.5 Å². The third-order valence-electron chi connectivity index (χ3n) is 3.24. The van der Waals surface area contributed by atoms with E-state index in [1.807, 2.05) is 31.2 Å². The second-order valence-electron chi connectivity index (χ2n) is 5.24. The van der Waals surface area contributed by atoms with Crippen LogP contribution >= 0.6 is 0 Å². The molecule has 1 atom stereocenters. The third kappa shape index (κ3) is 4.50. The predicted molar refractivity (Wildman–Crippen MR) is 86.0 cm³/mol. The van der Waals surface area contributed by atoms with Gasteiger partial charge in [0.25, 0.3) is 0 Å². The molecule has 0 radical (unpaired) electrons. The summed E-state index contributed by atoms with van der Waals surface area (Å²) in [6.45, 7) is 7.25. The summed E-state index contributed by atoms with van der Waals surface area (Å²) < 4.78 is 11.2. The zero-order valence-electron chi connectivity index (χ0n) is 12.9. The quantitative estimate of drug-likeness (QED) is 0.878. The molecule has 0 bridgehead atoms. The molecule has 0 heterocycles. The Balaban J connectivity index is 1.95. The van der Waals surface area contributed by atoms with Gasteiger partial charge in [0, 0.05) is 0 Å². The Morgan fingerprint density at radius 1 is 0.905 bits per heavy atom. The molecule has 1 unspecified atom stereocenters. The molecule has 0 spiro atoms. The molecule has 2 aromatic carbocycles. The fourth-order valence-corrected chi connectivity index (χ4v) is 2.30. The van der Waals surface area contributed by atoms with Crippen molar-refractivity contribution >= 4 is 0 Å². The fraction of sp³-hybridized carbons (Fsp3) is 0.333. The number of nitrogens with two attached hydrogens (primary N) is 1. The van der Waals surface area contributed by atoms with Crippen LogP contribution in [0, 0.1) is 13.8 Å². The molecular weight excluding hydrogens is 262 g/mol. The van der Waals surface area contributed by atoms with Gasteiger partial charge in [-0.25, -0.2) is 0 Å². The van der Waals surface area contributed by atoms with Gasteiger partial charge in [0.15, 0.2) is 0 Å². The highest BCUT2D eigenvalue weighted by atomic mass is 16.5. The molecule has 112 valence electrons. The van der Waals surface area contributed by atoms with Crippen molar-refractivity contribution < 1.29 is 9.47 Å². The first-order chi connectivity index (χ1) is 10.1. The van der Waals surface area contributed by atoms with Crippen LogP contribution in [-0.2, 0) is 0 Å². The number of ether oxygens (including phenoxy) is 2. The molecule has 0 aromatic heterocycles. The SMILES string of the molecule is CCOc1ccc(OCC(N)c2cc(C)cc(C)c2)cc1. The van der Waals surface area contributed by atoms with Gasteiger partial charge < -0.3 is 15.2 Å². The van der Waals surface area contributed by atoms with Gasteiger partial charge >= 0.3 is 0 Å². The highest BCUT2D eigenvalue weighted by Crippen LogP contribution is 2.20. The van der Waals surface area contributed by atoms with Gasteiger partial charge in [-0.1, -0.05) is 29.3 Å².